The van der Waals surface area contributed by atoms with E-state index < -0.39 is 20.6 Å². The van der Waals surface area contributed by atoms with E-state index in [4.69, 9.17) is 5.73 Å². The Kier molecular flexibility index (Phi) is 4.31. The van der Waals surface area contributed by atoms with Crippen LogP contribution in [0.5, 0.6) is 0 Å². The lowest BCUT2D eigenvalue weighted by atomic mass is 10.1. The highest BCUT2D eigenvalue weighted by Gasteiger charge is 2.42. The molecule has 1 fully saturated rings. The fourth-order valence-electron chi connectivity index (χ4n) is 1.61. The molecular weight excluding hydrogens is 234 g/mol. The van der Waals surface area contributed by atoms with E-state index in [-0.39, 0.29) is 16.9 Å². The summed E-state index contributed by atoms with van der Waals surface area (Å²) in [5.41, 5.74) is 5.66. The summed E-state index contributed by atoms with van der Waals surface area (Å²) in [6, 6.07) is 0. The van der Waals surface area contributed by atoms with Gasteiger partial charge in [0.15, 0.2) is 0 Å². The van der Waals surface area contributed by atoms with Crippen molar-refractivity contribution in [1.82, 2.24) is 0 Å². The molecule has 1 rings (SSSR count). The summed E-state index contributed by atoms with van der Waals surface area (Å²) in [5, 5.41) is 0. The Labute approximate surface area is 94.0 Å². The fraction of sp³-hybridized carbons (Fsp3) is 1.00. The van der Waals surface area contributed by atoms with E-state index in [1.165, 1.54) is 6.26 Å². The van der Waals surface area contributed by atoms with Crippen molar-refractivity contribution in [2.75, 3.05) is 30.1 Å². The van der Waals surface area contributed by atoms with E-state index in [0.29, 0.717) is 12.3 Å². The molecule has 0 aromatic rings. The first-order valence-electron chi connectivity index (χ1n) is 5.10. The zero-order valence-electron chi connectivity index (χ0n) is 9.07. The monoisotopic (exact) mass is 253 g/mol. The first-order valence-corrected chi connectivity index (χ1v) is 8.65. The van der Waals surface area contributed by atoms with Gasteiger partial charge in [0, 0.05) is 28.6 Å². The Morgan fingerprint density at radius 3 is 2.40 bits per heavy atom. The molecule has 15 heavy (non-hydrogen) atoms. The van der Waals surface area contributed by atoms with Gasteiger partial charge in [0.05, 0.1) is 5.75 Å². The lowest BCUT2D eigenvalue weighted by Crippen LogP contribution is -2.21. The van der Waals surface area contributed by atoms with Crippen molar-refractivity contribution in [3.8, 4) is 0 Å². The maximum absolute atomic E-state index is 11.6. The van der Waals surface area contributed by atoms with Gasteiger partial charge in [0.2, 0.25) is 0 Å². The van der Waals surface area contributed by atoms with Crippen molar-refractivity contribution in [2.24, 2.45) is 11.1 Å². The van der Waals surface area contributed by atoms with Crippen molar-refractivity contribution in [2.45, 2.75) is 19.3 Å². The van der Waals surface area contributed by atoms with Crippen LogP contribution in [0.25, 0.3) is 0 Å². The summed E-state index contributed by atoms with van der Waals surface area (Å²) in [5.74, 6) is 0.920. The average molecular weight is 253 g/mol. The van der Waals surface area contributed by atoms with E-state index in [1.54, 1.807) is 0 Å². The highest BCUT2D eigenvalue weighted by atomic mass is 32.2. The van der Waals surface area contributed by atoms with Gasteiger partial charge in [0.25, 0.3) is 0 Å². The second kappa shape index (κ2) is 4.93. The van der Waals surface area contributed by atoms with Crippen molar-refractivity contribution >= 4 is 20.6 Å². The minimum absolute atomic E-state index is 0.0261. The predicted octanol–water partition coefficient (Wildman–Crippen LogP) is -0.0913. The molecule has 0 saturated heterocycles. The SMILES string of the molecule is CS(=O)(=O)CCS(=O)CC1(CCN)CC1. The van der Waals surface area contributed by atoms with Crippen molar-refractivity contribution < 1.29 is 12.6 Å². The minimum atomic E-state index is -2.98. The smallest absolute Gasteiger partial charge is 0.148 e. The Morgan fingerprint density at radius 2 is 2.00 bits per heavy atom. The first-order chi connectivity index (χ1) is 6.87. The van der Waals surface area contributed by atoms with Gasteiger partial charge >= 0.3 is 0 Å². The van der Waals surface area contributed by atoms with E-state index in [2.05, 4.69) is 0 Å². The Morgan fingerprint density at radius 1 is 1.40 bits per heavy atom. The van der Waals surface area contributed by atoms with Gasteiger partial charge in [-0.2, -0.15) is 0 Å². The molecule has 0 aliphatic heterocycles. The number of rotatable bonds is 7. The zero-order chi connectivity index (χ0) is 11.5. The van der Waals surface area contributed by atoms with Crippen LogP contribution >= 0.6 is 0 Å². The van der Waals surface area contributed by atoms with Gasteiger partial charge in [-0.05, 0) is 31.2 Å². The normalized spacial score (nSPS) is 21.2. The van der Waals surface area contributed by atoms with Crippen LogP contribution in [0, 0.1) is 5.41 Å². The molecule has 1 saturated carbocycles. The summed E-state index contributed by atoms with van der Waals surface area (Å²) >= 11 is 0. The van der Waals surface area contributed by atoms with Crippen LogP contribution in [0.4, 0.5) is 0 Å². The molecule has 0 heterocycles. The van der Waals surface area contributed by atoms with E-state index in [9.17, 15) is 12.6 Å². The molecule has 90 valence electrons. The average Bonchev–Trinajstić information content (AvgIpc) is 2.81. The highest BCUT2D eigenvalue weighted by molar-refractivity contribution is 7.92. The van der Waals surface area contributed by atoms with Crippen LogP contribution in [0.1, 0.15) is 19.3 Å². The number of nitrogens with two attached hydrogens (primary N) is 1. The van der Waals surface area contributed by atoms with Crippen molar-refractivity contribution in [3.63, 3.8) is 0 Å². The maximum atomic E-state index is 11.6. The van der Waals surface area contributed by atoms with Gasteiger partial charge in [-0.15, -0.1) is 0 Å². The number of hydrogen-bond donors (Lipinski definition) is 1. The van der Waals surface area contributed by atoms with Gasteiger partial charge < -0.3 is 5.73 Å². The molecule has 0 bridgehead atoms. The van der Waals surface area contributed by atoms with E-state index in [1.807, 2.05) is 0 Å². The largest absolute Gasteiger partial charge is 0.330 e. The van der Waals surface area contributed by atoms with Crippen molar-refractivity contribution in [3.05, 3.63) is 0 Å². The quantitative estimate of drug-likeness (QED) is 0.688. The van der Waals surface area contributed by atoms with Crippen LogP contribution in [-0.4, -0.2) is 42.7 Å². The van der Waals surface area contributed by atoms with Gasteiger partial charge in [-0.3, -0.25) is 4.21 Å². The first kappa shape index (κ1) is 13.1. The molecule has 0 aromatic carbocycles. The van der Waals surface area contributed by atoms with Gasteiger partial charge in [-0.1, -0.05) is 0 Å². The van der Waals surface area contributed by atoms with E-state index in [0.717, 1.165) is 19.3 Å². The number of hydrogen-bond acceptors (Lipinski definition) is 4. The lowest BCUT2D eigenvalue weighted by Gasteiger charge is -2.12. The molecule has 0 spiro atoms. The summed E-state index contributed by atoms with van der Waals surface area (Å²) < 4.78 is 33.4. The molecule has 0 aromatic heterocycles. The van der Waals surface area contributed by atoms with Gasteiger partial charge in [0.1, 0.15) is 9.84 Å². The van der Waals surface area contributed by atoms with E-state index >= 15 is 0 Å². The molecule has 6 heteroatoms. The topological polar surface area (TPSA) is 77.2 Å². The van der Waals surface area contributed by atoms with Crippen LogP contribution in [0.3, 0.4) is 0 Å². The zero-order valence-corrected chi connectivity index (χ0v) is 10.7. The molecule has 1 atom stereocenters. The van der Waals surface area contributed by atoms with Gasteiger partial charge in [-0.25, -0.2) is 8.42 Å². The maximum Gasteiger partial charge on any atom is 0.148 e. The molecular formula is C9H19NO3S2. The predicted molar refractivity (Wildman–Crippen MR) is 62.9 cm³/mol. The van der Waals surface area contributed by atoms with Crippen LogP contribution in [0.2, 0.25) is 0 Å². The lowest BCUT2D eigenvalue weighted by molar-refractivity contribution is 0.529. The standard InChI is InChI=1S/C9H19NO3S2/c1-15(12,13)7-6-14(11)8-9(2-3-9)4-5-10/h2-8,10H2,1H3. The molecule has 1 aliphatic carbocycles. The summed E-state index contributed by atoms with van der Waals surface area (Å²) in [4.78, 5) is 0. The van der Waals surface area contributed by atoms with Crippen LogP contribution in [0.15, 0.2) is 0 Å². The van der Waals surface area contributed by atoms with Crippen LogP contribution < -0.4 is 5.73 Å². The molecule has 1 aliphatic rings. The summed E-state index contributed by atoms with van der Waals surface area (Å²) in [6.07, 6.45) is 4.28. The summed E-state index contributed by atoms with van der Waals surface area (Å²) in [7, 11) is -3.99. The second-order valence-corrected chi connectivity index (χ2v) is 8.29. The molecule has 4 nitrogen and oxygen atoms in total. The molecule has 2 N–H and O–H groups in total. The van der Waals surface area contributed by atoms with Crippen molar-refractivity contribution in [1.29, 1.82) is 0 Å². The second-order valence-electron chi connectivity index (χ2n) is 4.46. The third-order valence-corrected chi connectivity index (χ3v) is 5.58. The Bertz CT molecular complexity index is 333. The fourth-order valence-corrected chi connectivity index (χ4v) is 4.82. The molecule has 0 amide bonds. The Balaban J connectivity index is 2.31. The number of sulfone groups is 1. The van der Waals surface area contributed by atoms with Crippen LogP contribution in [-0.2, 0) is 20.6 Å². The third-order valence-electron chi connectivity index (χ3n) is 2.78. The molecule has 1 unspecified atom stereocenters. The Hall–Kier alpha value is 0.0600. The summed E-state index contributed by atoms with van der Waals surface area (Å²) in [6.45, 7) is 0.628. The third kappa shape index (κ3) is 5.08. The highest BCUT2D eigenvalue weighted by Crippen LogP contribution is 2.49. The molecule has 0 radical (unpaired) electrons. The minimum Gasteiger partial charge on any atom is -0.330 e.